The van der Waals surface area contributed by atoms with Gasteiger partial charge in [-0.05, 0) is 19.6 Å². The average molecular weight is 645 g/mol. The monoisotopic (exact) mass is 644 g/mol. The second kappa shape index (κ2) is 11.4. The van der Waals surface area contributed by atoms with Gasteiger partial charge < -0.3 is 12.3 Å². The predicted molar refractivity (Wildman–Crippen MR) is 118 cm³/mol. The molecule has 0 aliphatic carbocycles. The van der Waals surface area contributed by atoms with Crippen molar-refractivity contribution in [2.45, 2.75) is 67.9 Å². The van der Waals surface area contributed by atoms with Gasteiger partial charge in [0.1, 0.15) is 10.5 Å². The van der Waals surface area contributed by atoms with Crippen molar-refractivity contribution in [1.82, 2.24) is 0 Å². The van der Waals surface area contributed by atoms with Crippen molar-refractivity contribution in [2.75, 3.05) is 0 Å². The Bertz CT molecular complexity index is 724. The molecule has 0 aliphatic heterocycles. The topological polar surface area (TPSA) is 27.7 Å². The van der Waals surface area contributed by atoms with Crippen LogP contribution in [-0.2, 0) is 12.3 Å². The summed E-state index contributed by atoms with van der Waals surface area (Å²) in [5, 5.41) is 0. The highest BCUT2D eigenvalue weighted by molar-refractivity contribution is 7.47. The quantitative estimate of drug-likeness (QED) is 0.215. The van der Waals surface area contributed by atoms with Crippen LogP contribution in [0.15, 0.2) is 12.3 Å². The Morgan fingerprint density at radius 3 is 1.51 bits per heavy atom. The summed E-state index contributed by atoms with van der Waals surface area (Å²) in [7, 11) is -13.6. The number of halogens is 13. The van der Waals surface area contributed by atoms with Crippen molar-refractivity contribution in [3.8, 4) is 0 Å². The van der Waals surface area contributed by atoms with Gasteiger partial charge in [-0.3, -0.25) is 0 Å². The smallest absolute Gasteiger partial charge is 0.460 e. The lowest BCUT2D eigenvalue weighted by molar-refractivity contribution is -0.440. The van der Waals surface area contributed by atoms with Gasteiger partial charge in [0.2, 0.25) is 7.35 Å². The molecule has 0 N–H and O–H groups in total. The van der Waals surface area contributed by atoms with Crippen LogP contribution in [0.1, 0.15) is 6.92 Å². The Morgan fingerprint density at radius 2 is 1.17 bits per heavy atom. The molecular formula is C13H25F13O3Si6. The standard InChI is InChI=1S/C13H25F13O3Si6/c1-6-34(5)29-32-35(27-30,31-28-33(3)4)7(2)8(14,15)9(16,17)10(18,19)11(20,21)12(22,23)13(24,25)26/h6-7,33-34H,1,31-32H2,2-5,30H3. The molecule has 0 bridgehead atoms. The zero-order valence-corrected chi connectivity index (χ0v) is 27.2. The third-order valence-corrected chi connectivity index (χ3v) is 36.7. The lowest BCUT2D eigenvalue weighted by Crippen LogP contribution is -2.73. The summed E-state index contributed by atoms with van der Waals surface area (Å²) < 4.78 is 193. The van der Waals surface area contributed by atoms with Gasteiger partial charge in [-0.25, -0.2) is 0 Å². The average Bonchev–Trinajstić information content (AvgIpc) is 2.71. The van der Waals surface area contributed by atoms with Crippen LogP contribution in [0, 0.1) is 0 Å². The molecule has 0 aromatic carbocycles. The van der Waals surface area contributed by atoms with Gasteiger partial charge in [0.15, 0.2) is 36.6 Å². The maximum Gasteiger partial charge on any atom is 0.460 e. The Morgan fingerprint density at radius 1 is 0.771 bits per heavy atom. The van der Waals surface area contributed by atoms with E-state index in [0.29, 0.717) is 6.92 Å². The van der Waals surface area contributed by atoms with E-state index in [0.717, 1.165) is 0 Å². The van der Waals surface area contributed by atoms with Crippen molar-refractivity contribution in [1.29, 1.82) is 0 Å². The molecule has 0 aliphatic rings. The van der Waals surface area contributed by atoms with Crippen LogP contribution < -0.4 is 0 Å². The molecule has 0 rings (SSSR count). The summed E-state index contributed by atoms with van der Waals surface area (Å²) in [5.74, 6) is -37.0. The van der Waals surface area contributed by atoms with E-state index >= 15 is 0 Å². The molecule has 0 heterocycles. The van der Waals surface area contributed by atoms with E-state index in [-0.39, 0.29) is 0 Å². The van der Waals surface area contributed by atoms with E-state index in [4.69, 9.17) is 12.3 Å². The Labute approximate surface area is 204 Å². The maximum atomic E-state index is 14.9. The second-order valence-electron chi connectivity index (χ2n) is 8.02. The Hall–Kier alpha value is 0.0113. The maximum absolute atomic E-state index is 14.9. The van der Waals surface area contributed by atoms with Gasteiger partial charge >= 0.3 is 35.8 Å². The van der Waals surface area contributed by atoms with E-state index in [9.17, 15) is 57.1 Å². The highest BCUT2D eigenvalue weighted by atomic mass is 29.6. The largest absolute Gasteiger partial charge is 0.464 e. The van der Waals surface area contributed by atoms with Crippen LogP contribution in [0.25, 0.3) is 0 Å². The summed E-state index contributed by atoms with van der Waals surface area (Å²) in [6, 6.07) is 0. The molecule has 0 aromatic rings. The van der Waals surface area contributed by atoms with Crippen molar-refractivity contribution in [3.63, 3.8) is 0 Å². The van der Waals surface area contributed by atoms with Crippen LogP contribution >= 0.6 is 0 Å². The molecule has 0 amide bonds. The fourth-order valence-corrected chi connectivity index (χ4v) is 34.6. The van der Waals surface area contributed by atoms with E-state index < -0.39 is 95.8 Å². The summed E-state index contributed by atoms with van der Waals surface area (Å²) in [5.41, 5.74) is -1.61. The molecule has 0 saturated carbocycles. The van der Waals surface area contributed by atoms with E-state index in [2.05, 4.69) is 6.58 Å². The molecule has 210 valence electrons. The van der Waals surface area contributed by atoms with Gasteiger partial charge in [0.05, 0.1) is 0 Å². The summed E-state index contributed by atoms with van der Waals surface area (Å²) >= 11 is 0. The van der Waals surface area contributed by atoms with E-state index in [1.165, 1.54) is 12.2 Å². The third-order valence-electron chi connectivity index (χ3n) is 5.28. The summed E-state index contributed by atoms with van der Waals surface area (Å²) in [6.45, 7) is 8.34. The number of hydrogen-bond acceptors (Lipinski definition) is 3. The molecule has 0 spiro atoms. The van der Waals surface area contributed by atoms with Crippen molar-refractivity contribution in [2.24, 2.45) is 0 Å². The van der Waals surface area contributed by atoms with Gasteiger partial charge in [-0.2, -0.15) is 57.1 Å². The summed E-state index contributed by atoms with van der Waals surface area (Å²) in [6.07, 6.45) is -7.44. The molecule has 3 unspecified atom stereocenters. The van der Waals surface area contributed by atoms with Crippen LogP contribution in [0.5, 0.6) is 0 Å². The molecular weight excluding hydrogens is 620 g/mol. The molecule has 3 nitrogen and oxygen atoms in total. The molecule has 0 radical (unpaired) electrons. The van der Waals surface area contributed by atoms with Crippen LogP contribution in [0.4, 0.5) is 57.1 Å². The first-order valence-corrected chi connectivity index (χ1v) is 23.4. The Balaban J connectivity index is 6.72. The number of hydrogen-bond donors (Lipinski definition) is 0. The first-order chi connectivity index (χ1) is 15.3. The molecule has 22 heteroatoms. The zero-order chi connectivity index (χ0) is 28.5. The second-order valence-corrected chi connectivity index (χ2v) is 31.8. The van der Waals surface area contributed by atoms with E-state index in [1.54, 1.807) is 13.1 Å². The highest BCUT2D eigenvalue weighted by Crippen LogP contribution is 2.62. The molecule has 0 fully saturated rings. The van der Waals surface area contributed by atoms with Gasteiger partial charge in [-0.1, -0.05) is 12.6 Å². The molecule has 0 aromatic heterocycles. The van der Waals surface area contributed by atoms with Crippen LogP contribution in [0.3, 0.4) is 0 Å². The normalized spacial score (nSPS) is 19.1. The number of alkyl halides is 13. The zero-order valence-electron chi connectivity index (χ0n) is 19.1. The van der Waals surface area contributed by atoms with Gasteiger partial charge in [0, 0.05) is 5.54 Å². The van der Waals surface area contributed by atoms with Crippen LogP contribution in [0.2, 0.25) is 25.2 Å². The predicted octanol–water partition coefficient (Wildman–Crippen LogP) is 2.61. The van der Waals surface area contributed by atoms with Crippen molar-refractivity contribution in [3.05, 3.63) is 12.3 Å². The Kier molecular flexibility index (Phi) is 11.4. The first kappa shape index (κ1) is 35.0. The van der Waals surface area contributed by atoms with Crippen LogP contribution in [-0.4, -0.2) is 90.3 Å². The third kappa shape index (κ3) is 6.36. The molecule has 0 saturated heterocycles. The SMILES string of the molecule is C=C[SiH](C)O[SiH2][Si](O[SiH3])([SiH2]O[SiH](C)C)C(C)C(F)(F)C(F)(F)C(F)(F)C(F)(F)C(F)(F)C(F)(F)F. The molecule has 3 atom stereocenters. The first-order valence-electron chi connectivity index (χ1n) is 9.70. The van der Waals surface area contributed by atoms with E-state index in [1.807, 2.05) is 0 Å². The number of rotatable bonds is 14. The minimum absolute atomic E-state index is 0.295. The van der Waals surface area contributed by atoms with Crippen molar-refractivity contribution >= 4 is 54.5 Å². The summed E-state index contributed by atoms with van der Waals surface area (Å²) in [4.78, 5) is 0. The lowest BCUT2D eigenvalue weighted by Gasteiger charge is -2.45. The molecule has 35 heavy (non-hydrogen) atoms. The minimum atomic E-state index is -7.92. The highest BCUT2D eigenvalue weighted by Gasteiger charge is 2.91. The lowest BCUT2D eigenvalue weighted by atomic mass is 9.93. The van der Waals surface area contributed by atoms with Crippen molar-refractivity contribution < 1.29 is 69.4 Å². The fourth-order valence-electron chi connectivity index (χ4n) is 2.62. The van der Waals surface area contributed by atoms with Gasteiger partial charge in [0.25, 0.3) is 0 Å². The van der Waals surface area contributed by atoms with Gasteiger partial charge in [-0.15, -0.1) is 6.58 Å². The minimum Gasteiger partial charge on any atom is -0.464 e. The fraction of sp³-hybridized carbons (Fsp3) is 0.846.